The minimum absolute atomic E-state index is 0.755. The largest absolute Gasteiger partial charge is 0.492 e. The summed E-state index contributed by atoms with van der Waals surface area (Å²) in [7, 11) is 0. The van der Waals surface area contributed by atoms with Gasteiger partial charge in [0.2, 0.25) is 0 Å². The minimum atomic E-state index is 0.755. The fourth-order valence-corrected chi connectivity index (χ4v) is 1.83. The van der Waals surface area contributed by atoms with Crippen LogP contribution in [0.15, 0.2) is 24.3 Å². The normalized spacial score (nSPS) is 17.3. The number of para-hydroxylation sites is 1. The molecule has 0 atom stereocenters. The molecule has 3 nitrogen and oxygen atoms in total. The summed E-state index contributed by atoms with van der Waals surface area (Å²) in [6.07, 6.45) is 0. The van der Waals surface area contributed by atoms with E-state index in [1.165, 1.54) is 5.56 Å². The molecule has 0 unspecified atom stereocenters. The third-order valence-corrected chi connectivity index (χ3v) is 2.86. The van der Waals surface area contributed by atoms with Crippen LogP contribution in [0, 0.1) is 6.92 Å². The van der Waals surface area contributed by atoms with Crippen molar-refractivity contribution in [1.29, 1.82) is 0 Å². The second kappa shape index (κ2) is 5.87. The number of benzene rings is 1. The zero-order valence-electron chi connectivity index (χ0n) is 9.82. The Morgan fingerprint density at radius 3 is 2.75 bits per heavy atom. The average Bonchev–Trinajstić information content (AvgIpc) is 2.33. The summed E-state index contributed by atoms with van der Waals surface area (Å²) < 4.78 is 11.1. The van der Waals surface area contributed by atoms with Gasteiger partial charge in [0.15, 0.2) is 0 Å². The number of ether oxygens (including phenoxy) is 2. The zero-order chi connectivity index (χ0) is 11.2. The van der Waals surface area contributed by atoms with Gasteiger partial charge in [-0.1, -0.05) is 18.2 Å². The van der Waals surface area contributed by atoms with E-state index in [4.69, 9.17) is 9.47 Å². The molecule has 0 bridgehead atoms. The molecule has 0 radical (unpaired) electrons. The van der Waals surface area contributed by atoms with Gasteiger partial charge in [-0.25, -0.2) is 0 Å². The molecular formula is C13H19NO2. The van der Waals surface area contributed by atoms with Gasteiger partial charge in [0.05, 0.1) is 13.2 Å². The lowest BCUT2D eigenvalue weighted by Gasteiger charge is -2.26. The predicted octanol–water partition coefficient (Wildman–Crippen LogP) is 1.71. The van der Waals surface area contributed by atoms with E-state index in [1.54, 1.807) is 0 Å². The Kier molecular flexibility index (Phi) is 4.19. The fourth-order valence-electron chi connectivity index (χ4n) is 1.83. The molecule has 1 aromatic rings. The molecule has 16 heavy (non-hydrogen) atoms. The van der Waals surface area contributed by atoms with Crippen LogP contribution in [0.1, 0.15) is 5.56 Å². The Morgan fingerprint density at radius 1 is 1.25 bits per heavy atom. The molecule has 1 fully saturated rings. The second-order valence-corrected chi connectivity index (χ2v) is 4.07. The van der Waals surface area contributed by atoms with Gasteiger partial charge in [-0.15, -0.1) is 0 Å². The topological polar surface area (TPSA) is 21.7 Å². The van der Waals surface area contributed by atoms with Gasteiger partial charge in [-0.2, -0.15) is 0 Å². The first-order valence-electron chi connectivity index (χ1n) is 5.85. The van der Waals surface area contributed by atoms with E-state index in [0.29, 0.717) is 0 Å². The molecule has 1 aliphatic heterocycles. The van der Waals surface area contributed by atoms with Crippen molar-refractivity contribution in [2.24, 2.45) is 0 Å². The number of hydrogen-bond donors (Lipinski definition) is 0. The molecule has 0 saturated carbocycles. The van der Waals surface area contributed by atoms with Gasteiger partial charge in [0, 0.05) is 19.6 Å². The summed E-state index contributed by atoms with van der Waals surface area (Å²) in [5.74, 6) is 0.996. The minimum Gasteiger partial charge on any atom is -0.492 e. The summed E-state index contributed by atoms with van der Waals surface area (Å²) in [5.41, 5.74) is 1.20. The lowest BCUT2D eigenvalue weighted by atomic mass is 10.2. The lowest BCUT2D eigenvalue weighted by molar-refractivity contribution is 0.0322. The molecule has 0 aliphatic carbocycles. The first-order chi connectivity index (χ1) is 7.86. The van der Waals surface area contributed by atoms with E-state index in [2.05, 4.69) is 17.9 Å². The number of nitrogens with zero attached hydrogens (tertiary/aromatic N) is 1. The molecule has 0 N–H and O–H groups in total. The molecule has 0 aromatic heterocycles. The van der Waals surface area contributed by atoms with Crippen molar-refractivity contribution in [3.8, 4) is 5.75 Å². The van der Waals surface area contributed by atoms with Crippen LogP contribution in [0.25, 0.3) is 0 Å². The van der Waals surface area contributed by atoms with E-state index in [9.17, 15) is 0 Å². The van der Waals surface area contributed by atoms with Crippen LogP contribution in [0.5, 0.6) is 5.75 Å². The first kappa shape index (κ1) is 11.4. The molecule has 1 aliphatic rings. The number of rotatable bonds is 4. The molecule has 0 spiro atoms. The third-order valence-electron chi connectivity index (χ3n) is 2.86. The van der Waals surface area contributed by atoms with Crippen molar-refractivity contribution in [2.45, 2.75) is 6.92 Å². The Morgan fingerprint density at radius 2 is 2.00 bits per heavy atom. The Balaban J connectivity index is 1.73. The van der Waals surface area contributed by atoms with Crippen LogP contribution in [0.2, 0.25) is 0 Å². The number of aryl methyl sites for hydroxylation is 1. The number of hydrogen-bond acceptors (Lipinski definition) is 3. The van der Waals surface area contributed by atoms with Crippen molar-refractivity contribution in [3.05, 3.63) is 29.8 Å². The van der Waals surface area contributed by atoms with Crippen molar-refractivity contribution in [3.63, 3.8) is 0 Å². The summed E-state index contributed by atoms with van der Waals surface area (Å²) >= 11 is 0. The Bertz CT molecular complexity index is 321. The smallest absolute Gasteiger partial charge is 0.122 e. The van der Waals surface area contributed by atoms with Gasteiger partial charge < -0.3 is 9.47 Å². The van der Waals surface area contributed by atoms with Crippen LogP contribution in [0.3, 0.4) is 0 Å². The maximum absolute atomic E-state index is 5.76. The van der Waals surface area contributed by atoms with Gasteiger partial charge in [0.1, 0.15) is 12.4 Å². The summed E-state index contributed by atoms with van der Waals surface area (Å²) in [4.78, 5) is 2.38. The predicted molar refractivity (Wildman–Crippen MR) is 63.9 cm³/mol. The maximum Gasteiger partial charge on any atom is 0.122 e. The fraction of sp³-hybridized carbons (Fsp3) is 0.538. The standard InChI is InChI=1S/C13H19NO2/c1-12-4-2-3-5-13(12)16-11-8-14-6-9-15-10-7-14/h2-5H,6-11H2,1H3. The van der Waals surface area contributed by atoms with E-state index >= 15 is 0 Å². The van der Waals surface area contributed by atoms with Crippen LogP contribution in [0.4, 0.5) is 0 Å². The molecule has 3 heteroatoms. The third kappa shape index (κ3) is 3.22. The second-order valence-electron chi connectivity index (χ2n) is 4.07. The Hall–Kier alpha value is -1.06. The van der Waals surface area contributed by atoms with E-state index < -0.39 is 0 Å². The van der Waals surface area contributed by atoms with E-state index in [-0.39, 0.29) is 0 Å². The molecule has 1 aromatic carbocycles. The van der Waals surface area contributed by atoms with Gasteiger partial charge in [-0.05, 0) is 18.6 Å². The molecule has 0 amide bonds. The number of morpholine rings is 1. The van der Waals surface area contributed by atoms with Gasteiger partial charge in [0.25, 0.3) is 0 Å². The van der Waals surface area contributed by atoms with Crippen molar-refractivity contribution >= 4 is 0 Å². The quantitative estimate of drug-likeness (QED) is 0.772. The van der Waals surface area contributed by atoms with E-state index in [0.717, 1.165) is 45.2 Å². The molecule has 1 saturated heterocycles. The molecular weight excluding hydrogens is 202 g/mol. The van der Waals surface area contributed by atoms with Crippen LogP contribution in [-0.2, 0) is 4.74 Å². The summed E-state index contributed by atoms with van der Waals surface area (Å²) in [5, 5.41) is 0. The van der Waals surface area contributed by atoms with Crippen LogP contribution >= 0.6 is 0 Å². The summed E-state index contributed by atoms with van der Waals surface area (Å²) in [6, 6.07) is 8.14. The Labute approximate surface area is 97.0 Å². The van der Waals surface area contributed by atoms with Crippen molar-refractivity contribution in [2.75, 3.05) is 39.5 Å². The van der Waals surface area contributed by atoms with Crippen molar-refractivity contribution in [1.82, 2.24) is 4.90 Å². The molecule has 88 valence electrons. The SMILES string of the molecule is Cc1ccccc1OCCN1CCOCC1. The van der Waals surface area contributed by atoms with Gasteiger partial charge in [-0.3, -0.25) is 4.90 Å². The summed E-state index contributed by atoms with van der Waals surface area (Å²) in [6.45, 7) is 7.57. The maximum atomic E-state index is 5.76. The highest BCUT2D eigenvalue weighted by Gasteiger charge is 2.09. The first-order valence-corrected chi connectivity index (χ1v) is 5.85. The zero-order valence-corrected chi connectivity index (χ0v) is 9.82. The van der Waals surface area contributed by atoms with Crippen LogP contribution in [-0.4, -0.2) is 44.4 Å². The van der Waals surface area contributed by atoms with Gasteiger partial charge >= 0.3 is 0 Å². The van der Waals surface area contributed by atoms with Crippen molar-refractivity contribution < 1.29 is 9.47 Å². The van der Waals surface area contributed by atoms with E-state index in [1.807, 2.05) is 18.2 Å². The highest BCUT2D eigenvalue weighted by atomic mass is 16.5. The lowest BCUT2D eigenvalue weighted by Crippen LogP contribution is -2.38. The average molecular weight is 221 g/mol. The highest BCUT2D eigenvalue weighted by molar-refractivity contribution is 5.31. The monoisotopic (exact) mass is 221 g/mol. The van der Waals surface area contributed by atoms with Crippen LogP contribution < -0.4 is 4.74 Å². The highest BCUT2D eigenvalue weighted by Crippen LogP contribution is 2.15. The molecule has 1 heterocycles. The molecule has 2 rings (SSSR count).